The number of benzene rings is 3. The first-order valence-corrected chi connectivity index (χ1v) is 10.7. The van der Waals surface area contributed by atoms with E-state index < -0.39 is 0 Å². The third-order valence-corrected chi connectivity index (χ3v) is 5.69. The van der Waals surface area contributed by atoms with E-state index in [9.17, 15) is 4.79 Å². The first-order valence-electron chi connectivity index (χ1n) is 10.7. The predicted molar refractivity (Wildman–Crippen MR) is 120 cm³/mol. The van der Waals surface area contributed by atoms with Crippen LogP contribution < -0.4 is 10.1 Å². The van der Waals surface area contributed by atoms with Crippen LogP contribution in [-0.2, 0) is 22.7 Å². The van der Waals surface area contributed by atoms with Gasteiger partial charge in [-0.15, -0.1) is 0 Å². The van der Waals surface area contributed by atoms with Crippen molar-refractivity contribution in [3.05, 3.63) is 72.6 Å². The molecule has 31 heavy (non-hydrogen) atoms. The zero-order valence-electron chi connectivity index (χ0n) is 17.3. The molecule has 1 aliphatic heterocycles. The van der Waals surface area contributed by atoms with Crippen LogP contribution in [-0.4, -0.2) is 34.7 Å². The third kappa shape index (κ3) is 4.25. The molecule has 0 aliphatic carbocycles. The van der Waals surface area contributed by atoms with Gasteiger partial charge in [0.1, 0.15) is 24.7 Å². The number of rotatable bonds is 7. The smallest absolute Gasteiger partial charge is 0.240 e. The van der Waals surface area contributed by atoms with E-state index in [0.29, 0.717) is 6.54 Å². The quantitative estimate of drug-likeness (QED) is 0.494. The molecule has 1 saturated heterocycles. The minimum absolute atomic E-state index is 0.0509. The van der Waals surface area contributed by atoms with Gasteiger partial charge in [0.25, 0.3) is 0 Å². The van der Waals surface area contributed by atoms with Crippen molar-refractivity contribution in [2.75, 3.05) is 13.2 Å². The lowest BCUT2D eigenvalue weighted by Gasteiger charge is -2.14. The molecule has 0 saturated carbocycles. The van der Waals surface area contributed by atoms with E-state index in [-0.39, 0.29) is 25.2 Å². The Morgan fingerprint density at radius 1 is 1.10 bits per heavy atom. The molecule has 1 aromatic heterocycles. The van der Waals surface area contributed by atoms with Crippen molar-refractivity contribution in [3.63, 3.8) is 0 Å². The lowest BCUT2D eigenvalue weighted by Crippen LogP contribution is -2.34. The Kier molecular flexibility index (Phi) is 5.54. The summed E-state index contributed by atoms with van der Waals surface area (Å²) in [4.78, 5) is 17.4. The monoisotopic (exact) mass is 415 g/mol. The number of fused-ring (bicyclic) bond motifs is 2. The number of nitrogens with one attached hydrogen (secondary N) is 1. The van der Waals surface area contributed by atoms with Crippen LogP contribution >= 0.6 is 0 Å². The molecule has 2 heterocycles. The number of aromatic nitrogens is 2. The molecule has 1 amide bonds. The fourth-order valence-electron chi connectivity index (χ4n) is 4.11. The van der Waals surface area contributed by atoms with Gasteiger partial charge in [0.2, 0.25) is 5.91 Å². The number of imidazole rings is 1. The maximum Gasteiger partial charge on any atom is 0.240 e. The van der Waals surface area contributed by atoms with Gasteiger partial charge >= 0.3 is 0 Å². The first-order chi connectivity index (χ1) is 15.3. The van der Waals surface area contributed by atoms with Gasteiger partial charge in [0, 0.05) is 18.5 Å². The molecule has 1 atom stereocenters. The van der Waals surface area contributed by atoms with Crippen LogP contribution in [0.2, 0.25) is 0 Å². The Balaban J connectivity index is 1.36. The van der Waals surface area contributed by atoms with E-state index in [1.54, 1.807) is 0 Å². The van der Waals surface area contributed by atoms with Crippen LogP contribution in [0.15, 0.2) is 66.7 Å². The summed E-state index contributed by atoms with van der Waals surface area (Å²) < 4.78 is 13.7. The lowest BCUT2D eigenvalue weighted by atomic mass is 10.1. The van der Waals surface area contributed by atoms with E-state index in [0.717, 1.165) is 52.8 Å². The van der Waals surface area contributed by atoms with Gasteiger partial charge in [0.05, 0.1) is 17.1 Å². The van der Waals surface area contributed by atoms with Gasteiger partial charge in [-0.05, 0) is 36.4 Å². The summed E-state index contributed by atoms with van der Waals surface area (Å²) in [6.07, 6.45) is 2.18. The van der Waals surface area contributed by atoms with Crippen LogP contribution in [0.5, 0.6) is 5.75 Å². The van der Waals surface area contributed by atoms with Crippen LogP contribution in [0.4, 0.5) is 0 Å². The molecule has 1 N–H and O–H groups in total. The van der Waals surface area contributed by atoms with E-state index in [4.69, 9.17) is 14.5 Å². The molecule has 0 spiro atoms. The summed E-state index contributed by atoms with van der Waals surface area (Å²) in [6.45, 7) is 1.80. The molecule has 1 unspecified atom stereocenters. The lowest BCUT2D eigenvalue weighted by molar-refractivity contribution is -0.122. The summed E-state index contributed by atoms with van der Waals surface area (Å²) in [7, 11) is 0. The van der Waals surface area contributed by atoms with E-state index in [2.05, 4.69) is 17.4 Å². The number of carbonyl (C=O) groups is 1. The maximum atomic E-state index is 12.7. The van der Waals surface area contributed by atoms with Gasteiger partial charge in [-0.3, -0.25) is 4.79 Å². The Labute approximate surface area is 180 Å². The standard InChI is InChI=1S/C25H25N3O3/c29-25(26-15-19-9-6-14-30-19)16-28-22-12-4-3-11-21(22)27-24(28)17-31-23-13-5-8-18-7-1-2-10-20(18)23/h1-5,7-8,10-13,19H,6,9,14-17H2,(H,26,29). The van der Waals surface area contributed by atoms with Gasteiger partial charge in [-0.2, -0.15) is 0 Å². The minimum atomic E-state index is -0.0509. The predicted octanol–water partition coefficient (Wildman–Crippen LogP) is 4.06. The molecule has 5 rings (SSSR count). The highest BCUT2D eigenvalue weighted by Crippen LogP contribution is 2.26. The SMILES string of the molecule is O=C(Cn1c(COc2cccc3ccccc23)nc2ccccc21)NCC1CCCO1. The van der Waals surface area contributed by atoms with E-state index in [1.807, 2.05) is 59.2 Å². The summed E-state index contributed by atoms with van der Waals surface area (Å²) >= 11 is 0. The molecular weight excluding hydrogens is 390 g/mol. The Hall–Kier alpha value is -3.38. The van der Waals surface area contributed by atoms with Crippen LogP contribution in [0, 0.1) is 0 Å². The molecule has 1 aliphatic rings. The number of nitrogens with zero attached hydrogens (tertiary/aromatic N) is 2. The Morgan fingerprint density at radius 2 is 1.94 bits per heavy atom. The number of carbonyl (C=O) groups excluding carboxylic acids is 1. The van der Waals surface area contributed by atoms with Crippen LogP contribution in [0.1, 0.15) is 18.7 Å². The Morgan fingerprint density at radius 3 is 2.84 bits per heavy atom. The van der Waals surface area contributed by atoms with Crippen LogP contribution in [0.25, 0.3) is 21.8 Å². The number of hydrogen-bond donors (Lipinski definition) is 1. The maximum absolute atomic E-state index is 12.7. The topological polar surface area (TPSA) is 65.4 Å². The molecule has 4 aromatic rings. The highest BCUT2D eigenvalue weighted by Gasteiger charge is 2.18. The summed E-state index contributed by atoms with van der Waals surface area (Å²) in [5, 5.41) is 5.18. The minimum Gasteiger partial charge on any atom is -0.485 e. The number of amides is 1. The molecule has 0 radical (unpaired) electrons. The van der Waals surface area contributed by atoms with Crippen molar-refractivity contribution in [2.24, 2.45) is 0 Å². The largest absolute Gasteiger partial charge is 0.485 e. The van der Waals surface area contributed by atoms with Crippen molar-refractivity contribution in [1.82, 2.24) is 14.9 Å². The molecule has 1 fully saturated rings. The molecule has 3 aromatic carbocycles. The number of hydrogen-bond acceptors (Lipinski definition) is 4. The third-order valence-electron chi connectivity index (χ3n) is 5.69. The molecule has 158 valence electrons. The second-order valence-corrected chi connectivity index (χ2v) is 7.81. The van der Waals surface area contributed by atoms with Gasteiger partial charge in [-0.1, -0.05) is 48.5 Å². The molecule has 6 heteroatoms. The van der Waals surface area contributed by atoms with Crippen molar-refractivity contribution < 1.29 is 14.3 Å². The van der Waals surface area contributed by atoms with Gasteiger partial charge in [-0.25, -0.2) is 4.98 Å². The zero-order valence-corrected chi connectivity index (χ0v) is 17.3. The molecule has 0 bridgehead atoms. The summed E-state index contributed by atoms with van der Waals surface area (Å²) in [6, 6.07) is 22.0. The zero-order chi connectivity index (χ0) is 21.0. The highest BCUT2D eigenvalue weighted by atomic mass is 16.5. The molecular formula is C25H25N3O3. The fraction of sp³-hybridized carbons (Fsp3) is 0.280. The first kappa shape index (κ1) is 19.6. The number of para-hydroxylation sites is 2. The number of ether oxygens (including phenoxy) is 2. The second kappa shape index (κ2) is 8.78. The molecule has 6 nitrogen and oxygen atoms in total. The van der Waals surface area contributed by atoms with Crippen molar-refractivity contribution >= 4 is 27.7 Å². The van der Waals surface area contributed by atoms with Crippen molar-refractivity contribution in [3.8, 4) is 5.75 Å². The van der Waals surface area contributed by atoms with E-state index >= 15 is 0 Å². The highest BCUT2D eigenvalue weighted by molar-refractivity contribution is 5.88. The Bertz CT molecular complexity index is 1210. The average Bonchev–Trinajstić information content (AvgIpc) is 3.44. The van der Waals surface area contributed by atoms with Crippen LogP contribution in [0.3, 0.4) is 0 Å². The second-order valence-electron chi connectivity index (χ2n) is 7.81. The van der Waals surface area contributed by atoms with Gasteiger partial charge in [0.15, 0.2) is 0 Å². The summed E-state index contributed by atoms with van der Waals surface area (Å²) in [5.74, 6) is 1.48. The fourth-order valence-corrected chi connectivity index (χ4v) is 4.11. The van der Waals surface area contributed by atoms with Crippen molar-refractivity contribution in [1.29, 1.82) is 0 Å². The average molecular weight is 415 g/mol. The van der Waals surface area contributed by atoms with Crippen molar-refractivity contribution in [2.45, 2.75) is 32.1 Å². The normalized spacial score (nSPS) is 16.1. The van der Waals surface area contributed by atoms with E-state index in [1.165, 1.54) is 0 Å². The summed E-state index contributed by atoms with van der Waals surface area (Å²) in [5.41, 5.74) is 1.78. The van der Waals surface area contributed by atoms with Gasteiger partial charge < -0.3 is 19.4 Å².